The lowest BCUT2D eigenvalue weighted by atomic mass is 9.90. The Bertz CT molecular complexity index is 1050. The van der Waals surface area contributed by atoms with E-state index < -0.39 is 5.60 Å². The lowest BCUT2D eigenvalue weighted by Crippen LogP contribution is -2.62. The standard InChI is InChI=1S/C25H27N3O3S/c1-18(2)27-24(30)25(16-19-8-10-20(11-9-19)22-7-5-15-32-22)17-28(13-14-31-25)23(29)21-6-3-4-12-26-21/h3-12,15,18H,13-14,16-17H2,1-2H3,(H,27,30)/t25-/m0/s1. The van der Waals surface area contributed by atoms with Gasteiger partial charge in [0.05, 0.1) is 13.2 Å². The van der Waals surface area contributed by atoms with Crippen molar-refractivity contribution in [3.8, 4) is 10.4 Å². The van der Waals surface area contributed by atoms with E-state index in [0.29, 0.717) is 18.7 Å². The van der Waals surface area contributed by atoms with Crippen LogP contribution in [0.5, 0.6) is 0 Å². The molecule has 6 nitrogen and oxygen atoms in total. The minimum Gasteiger partial charge on any atom is -0.361 e. The highest BCUT2D eigenvalue weighted by atomic mass is 32.1. The maximum Gasteiger partial charge on any atom is 0.272 e. The van der Waals surface area contributed by atoms with Crippen molar-refractivity contribution in [2.24, 2.45) is 0 Å². The molecule has 1 aliphatic heterocycles. The molecule has 7 heteroatoms. The number of aromatic nitrogens is 1. The zero-order valence-corrected chi connectivity index (χ0v) is 19.1. The highest BCUT2D eigenvalue weighted by molar-refractivity contribution is 7.13. The third kappa shape index (κ3) is 4.89. The van der Waals surface area contributed by atoms with E-state index in [1.807, 2.05) is 32.0 Å². The third-order valence-corrected chi connectivity index (χ3v) is 6.36. The fourth-order valence-corrected chi connectivity index (χ4v) is 4.62. The van der Waals surface area contributed by atoms with Crippen LogP contribution in [-0.4, -0.2) is 53.0 Å². The van der Waals surface area contributed by atoms with Crippen molar-refractivity contribution in [1.29, 1.82) is 0 Å². The lowest BCUT2D eigenvalue weighted by Gasteiger charge is -2.42. The Morgan fingerprint density at radius 1 is 1.16 bits per heavy atom. The van der Waals surface area contributed by atoms with Gasteiger partial charge in [-0.1, -0.05) is 36.4 Å². The second-order valence-electron chi connectivity index (χ2n) is 8.26. The predicted molar refractivity (Wildman–Crippen MR) is 126 cm³/mol. The number of hydrogen-bond donors (Lipinski definition) is 1. The van der Waals surface area contributed by atoms with Gasteiger partial charge in [-0.25, -0.2) is 0 Å². The van der Waals surface area contributed by atoms with Crippen LogP contribution in [0, 0.1) is 0 Å². The van der Waals surface area contributed by atoms with E-state index in [0.717, 1.165) is 11.1 Å². The number of carbonyl (C=O) groups is 2. The second kappa shape index (κ2) is 9.63. The van der Waals surface area contributed by atoms with Crippen LogP contribution >= 0.6 is 11.3 Å². The van der Waals surface area contributed by atoms with Crippen molar-refractivity contribution < 1.29 is 14.3 Å². The third-order valence-electron chi connectivity index (χ3n) is 5.44. The van der Waals surface area contributed by atoms with Crippen molar-refractivity contribution >= 4 is 23.2 Å². The second-order valence-corrected chi connectivity index (χ2v) is 9.21. The Balaban J connectivity index is 1.59. The molecule has 1 atom stereocenters. The highest BCUT2D eigenvalue weighted by Crippen LogP contribution is 2.28. The van der Waals surface area contributed by atoms with Gasteiger partial charge in [0.25, 0.3) is 11.8 Å². The van der Waals surface area contributed by atoms with Gasteiger partial charge < -0.3 is 15.0 Å². The van der Waals surface area contributed by atoms with Crippen LogP contribution in [-0.2, 0) is 16.0 Å². The SMILES string of the molecule is CC(C)NC(=O)[C@]1(Cc2ccc(-c3cccs3)cc2)CN(C(=O)c2ccccn2)CCO1. The molecule has 0 saturated carbocycles. The summed E-state index contributed by atoms with van der Waals surface area (Å²) < 4.78 is 6.13. The normalized spacial score (nSPS) is 18.5. The molecule has 0 radical (unpaired) electrons. The van der Waals surface area contributed by atoms with Crippen LogP contribution in [0.3, 0.4) is 0 Å². The van der Waals surface area contributed by atoms with Crippen molar-refractivity contribution in [2.45, 2.75) is 31.9 Å². The molecule has 166 valence electrons. The molecule has 4 rings (SSSR count). The number of nitrogens with zero attached hydrogens (tertiary/aromatic N) is 2. The zero-order chi connectivity index (χ0) is 22.6. The summed E-state index contributed by atoms with van der Waals surface area (Å²) in [7, 11) is 0. The molecule has 0 aliphatic carbocycles. The van der Waals surface area contributed by atoms with E-state index in [1.54, 1.807) is 40.6 Å². The minimum atomic E-state index is -1.16. The molecule has 0 bridgehead atoms. The van der Waals surface area contributed by atoms with Crippen LogP contribution in [0.2, 0.25) is 0 Å². The summed E-state index contributed by atoms with van der Waals surface area (Å²) in [6.45, 7) is 4.72. The molecule has 1 aliphatic rings. The Kier molecular flexibility index (Phi) is 6.67. The molecule has 3 heterocycles. The Morgan fingerprint density at radius 3 is 2.62 bits per heavy atom. The summed E-state index contributed by atoms with van der Waals surface area (Å²) in [5, 5.41) is 5.04. The molecule has 32 heavy (non-hydrogen) atoms. The number of nitrogens with one attached hydrogen (secondary N) is 1. The van der Waals surface area contributed by atoms with E-state index in [2.05, 4.69) is 33.9 Å². The molecule has 3 aromatic rings. The predicted octanol–water partition coefficient (Wildman–Crippen LogP) is 3.79. The van der Waals surface area contributed by atoms with Gasteiger partial charge in [-0.2, -0.15) is 0 Å². The molecule has 1 fully saturated rings. The largest absolute Gasteiger partial charge is 0.361 e. The number of pyridine rings is 1. The smallest absolute Gasteiger partial charge is 0.272 e. The van der Waals surface area contributed by atoms with Crippen molar-refractivity contribution in [2.75, 3.05) is 19.7 Å². The fraction of sp³-hybridized carbons (Fsp3) is 0.320. The van der Waals surface area contributed by atoms with E-state index >= 15 is 0 Å². The van der Waals surface area contributed by atoms with Crippen molar-refractivity contribution in [1.82, 2.24) is 15.2 Å². The van der Waals surface area contributed by atoms with E-state index in [-0.39, 0.29) is 31.0 Å². The lowest BCUT2D eigenvalue weighted by molar-refractivity contribution is -0.157. The Hall–Kier alpha value is -3.03. The summed E-state index contributed by atoms with van der Waals surface area (Å²) in [6.07, 6.45) is 1.98. The van der Waals surface area contributed by atoms with Gasteiger partial charge in [0.1, 0.15) is 5.69 Å². The fourth-order valence-electron chi connectivity index (χ4n) is 3.89. The summed E-state index contributed by atoms with van der Waals surface area (Å²) in [6, 6.07) is 17.5. The quantitative estimate of drug-likeness (QED) is 0.622. The van der Waals surface area contributed by atoms with Gasteiger partial charge >= 0.3 is 0 Å². The van der Waals surface area contributed by atoms with Gasteiger partial charge in [0.2, 0.25) is 0 Å². The summed E-state index contributed by atoms with van der Waals surface area (Å²) in [5.41, 5.74) is 1.34. The Labute approximate surface area is 192 Å². The topological polar surface area (TPSA) is 71.5 Å². The van der Waals surface area contributed by atoms with Gasteiger partial charge in [-0.3, -0.25) is 14.6 Å². The van der Waals surface area contributed by atoms with Crippen molar-refractivity contribution in [3.63, 3.8) is 0 Å². The van der Waals surface area contributed by atoms with Crippen LogP contribution in [0.15, 0.2) is 66.2 Å². The van der Waals surface area contributed by atoms with Gasteiger partial charge in [0, 0.05) is 30.1 Å². The maximum atomic E-state index is 13.3. The monoisotopic (exact) mass is 449 g/mol. The number of morpholine rings is 1. The number of amides is 2. The summed E-state index contributed by atoms with van der Waals surface area (Å²) in [5.74, 6) is -0.392. The Morgan fingerprint density at radius 2 is 1.97 bits per heavy atom. The van der Waals surface area contributed by atoms with Crippen LogP contribution < -0.4 is 5.32 Å². The van der Waals surface area contributed by atoms with E-state index in [1.165, 1.54) is 4.88 Å². The first-order valence-electron chi connectivity index (χ1n) is 10.7. The molecular formula is C25H27N3O3S. The van der Waals surface area contributed by atoms with Crippen LogP contribution in [0.25, 0.3) is 10.4 Å². The molecule has 1 N–H and O–H groups in total. The number of hydrogen-bond acceptors (Lipinski definition) is 5. The number of thiophene rings is 1. The van der Waals surface area contributed by atoms with Gasteiger partial charge in [0.15, 0.2) is 5.60 Å². The number of rotatable bonds is 6. The van der Waals surface area contributed by atoms with Gasteiger partial charge in [-0.15, -0.1) is 11.3 Å². The molecule has 0 spiro atoms. The number of carbonyl (C=O) groups excluding carboxylic acids is 2. The zero-order valence-electron chi connectivity index (χ0n) is 18.3. The van der Waals surface area contributed by atoms with Crippen LogP contribution in [0.1, 0.15) is 29.9 Å². The summed E-state index contributed by atoms with van der Waals surface area (Å²) in [4.78, 5) is 33.4. The molecular weight excluding hydrogens is 422 g/mol. The van der Waals surface area contributed by atoms with E-state index in [9.17, 15) is 9.59 Å². The number of ether oxygens (including phenoxy) is 1. The first-order valence-corrected chi connectivity index (χ1v) is 11.6. The number of benzene rings is 1. The molecule has 1 aromatic carbocycles. The average Bonchev–Trinajstić information content (AvgIpc) is 3.34. The average molecular weight is 450 g/mol. The molecule has 1 saturated heterocycles. The molecule has 0 unspecified atom stereocenters. The van der Waals surface area contributed by atoms with Crippen LogP contribution in [0.4, 0.5) is 0 Å². The summed E-state index contributed by atoms with van der Waals surface area (Å²) >= 11 is 1.69. The molecule has 2 aromatic heterocycles. The van der Waals surface area contributed by atoms with Crippen molar-refractivity contribution in [3.05, 3.63) is 77.4 Å². The first kappa shape index (κ1) is 22.2. The minimum absolute atomic E-state index is 0.0361. The molecule has 2 amide bonds. The highest BCUT2D eigenvalue weighted by Gasteiger charge is 2.45. The van der Waals surface area contributed by atoms with E-state index in [4.69, 9.17) is 4.74 Å². The van der Waals surface area contributed by atoms with Gasteiger partial charge in [-0.05, 0) is 48.6 Å². The first-order chi connectivity index (χ1) is 15.5. The maximum absolute atomic E-state index is 13.3.